The van der Waals surface area contributed by atoms with Crippen molar-refractivity contribution in [3.63, 3.8) is 0 Å². The normalized spacial score (nSPS) is 22.5. The minimum absolute atomic E-state index is 0.0184. The van der Waals surface area contributed by atoms with Gasteiger partial charge in [-0.25, -0.2) is 14.2 Å². The van der Waals surface area contributed by atoms with Crippen LogP contribution in [-0.4, -0.2) is 62.7 Å². The summed E-state index contributed by atoms with van der Waals surface area (Å²) in [5.74, 6) is -1.31. The molecule has 3 heterocycles. The van der Waals surface area contributed by atoms with Gasteiger partial charge in [0.15, 0.2) is 5.82 Å². The Morgan fingerprint density at radius 2 is 2.00 bits per heavy atom. The summed E-state index contributed by atoms with van der Waals surface area (Å²) in [6, 6.07) is 2.92. The molecule has 0 aromatic carbocycles. The summed E-state index contributed by atoms with van der Waals surface area (Å²) < 4.78 is 51.1. The third-order valence-corrected chi connectivity index (χ3v) is 6.47. The number of thioether (sulfide) groups is 1. The lowest BCUT2D eigenvalue weighted by atomic mass is 9.92. The number of halogens is 4. The highest BCUT2D eigenvalue weighted by molar-refractivity contribution is 8.01. The van der Waals surface area contributed by atoms with Gasteiger partial charge in [-0.05, 0) is 30.9 Å². The Hall–Kier alpha value is -2.04. The number of ether oxygens (including phenoxy) is 1. The highest BCUT2D eigenvalue weighted by Crippen LogP contribution is 2.47. The van der Waals surface area contributed by atoms with Gasteiger partial charge in [0, 0.05) is 37.9 Å². The molecule has 11 heteroatoms. The number of hydrogen-bond acceptors (Lipinski definition) is 5. The molecule has 1 aliphatic carbocycles. The largest absolute Gasteiger partial charge is 0.490 e. The van der Waals surface area contributed by atoms with Crippen LogP contribution >= 0.6 is 11.8 Å². The highest BCUT2D eigenvalue weighted by Gasteiger charge is 2.51. The van der Waals surface area contributed by atoms with E-state index in [1.165, 1.54) is 25.1 Å². The molecule has 0 bridgehead atoms. The number of amides is 1. The average molecular weight is 436 g/mol. The molecule has 29 heavy (non-hydrogen) atoms. The van der Waals surface area contributed by atoms with Crippen LogP contribution in [0.3, 0.4) is 0 Å². The van der Waals surface area contributed by atoms with Crippen molar-refractivity contribution in [3.8, 4) is 5.88 Å². The summed E-state index contributed by atoms with van der Waals surface area (Å²) >= 11 is 1.85. The van der Waals surface area contributed by atoms with Crippen molar-refractivity contribution in [2.45, 2.75) is 42.7 Å². The Balaban J connectivity index is 0.000000298. The van der Waals surface area contributed by atoms with E-state index in [0.29, 0.717) is 11.8 Å². The number of carboxylic acid groups (broad SMARTS) is 1. The summed E-state index contributed by atoms with van der Waals surface area (Å²) in [4.78, 5) is 26.9. The lowest BCUT2D eigenvalue weighted by Crippen LogP contribution is -2.60. The molecule has 1 aromatic rings. The first-order chi connectivity index (χ1) is 13.6. The predicted molar refractivity (Wildman–Crippen MR) is 96.0 cm³/mol. The van der Waals surface area contributed by atoms with Crippen molar-refractivity contribution < 1.29 is 37.0 Å². The van der Waals surface area contributed by atoms with E-state index in [0.717, 1.165) is 31.7 Å². The van der Waals surface area contributed by atoms with Crippen LogP contribution in [0.2, 0.25) is 0 Å². The maximum Gasteiger partial charge on any atom is 0.490 e. The van der Waals surface area contributed by atoms with Crippen molar-refractivity contribution in [3.05, 3.63) is 24.1 Å². The molecular formula is C18H20F4N2O4S. The number of pyridine rings is 1. The second-order valence-electron chi connectivity index (χ2n) is 7.43. The van der Waals surface area contributed by atoms with Crippen molar-refractivity contribution in [1.29, 1.82) is 0 Å². The molecule has 0 radical (unpaired) electrons. The van der Waals surface area contributed by atoms with Crippen molar-refractivity contribution in [1.82, 2.24) is 9.88 Å². The summed E-state index contributed by atoms with van der Waals surface area (Å²) in [6.45, 7) is 1.63. The molecule has 2 saturated heterocycles. The topological polar surface area (TPSA) is 79.7 Å². The minimum Gasteiger partial charge on any atom is -0.475 e. The maximum atomic E-state index is 13.6. The Morgan fingerprint density at radius 3 is 2.55 bits per heavy atom. The monoisotopic (exact) mass is 436 g/mol. The number of carbonyl (C=O) groups excluding carboxylic acids is 1. The molecule has 1 atom stereocenters. The average Bonchev–Trinajstić information content (AvgIpc) is 3.31. The summed E-state index contributed by atoms with van der Waals surface area (Å²) in [6.07, 6.45) is 0.448. The van der Waals surface area contributed by atoms with E-state index in [1.807, 2.05) is 16.7 Å². The molecule has 1 N–H and O–H groups in total. The summed E-state index contributed by atoms with van der Waals surface area (Å²) in [7, 11) is 0. The molecular weight excluding hydrogens is 416 g/mol. The molecule has 3 aliphatic rings. The number of aliphatic carboxylic acids is 1. The highest BCUT2D eigenvalue weighted by atomic mass is 32.2. The van der Waals surface area contributed by atoms with E-state index in [-0.39, 0.29) is 16.7 Å². The van der Waals surface area contributed by atoms with E-state index < -0.39 is 18.0 Å². The summed E-state index contributed by atoms with van der Waals surface area (Å²) in [5.41, 5.74) is 0. The molecule has 2 aliphatic heterocycles. The second-order valence-corrected chi connectivity index (χ2v) is 8.92. The molecule has 1 spiro atoms. The number of carboxylic acids is 1. The van der Waals surface area contributed by atoms with Gasteiger partial charge in [0.2, 0.25) is 5.91 Å². The van der Waals surface area contributed by atoms with Crippen molar-refractivity contribution in [2.24, 2.45) is 5.92 Å². The Kier molecular flexibility index (Phi) is 6.25. The van der Waals surface area contributed by atoms with Crippen LogP contribution < -0.4 is 4.74 Å². The minimum atomic E-state index is -5.08. The van der Waals surface area contributed by atoms with Crippen LogP contribution in [0, 0.1) is 11.7 Å². The van der Waals surface area contributed by atoms with Crippen LogP contribution in [-0.2, 0) is 9.59 Å². The number of hydrogen-bond donors (Lipinski definition) is 1. The summed E-state index contributed by atoms with van der Waals surface area (Å²) in [5, 5.41) is 7.12. The predicted octanol–water partition coefficient (Wildman–Crippen LogP) is 3.12. The van der Waals surface area contributed by atoms with Gasteiger partial charge >= 0.3 is 12.1 Å². The fourth-order valence-corrected chi connectivity index (χ4v) is 4.76. The van der Waals surface area contributed by atoms with Crippen molar-refractivity contribution in [2.75, 3.05) is 18.8 Å². The third kappa shape index (κ3) is 5.74. The zero-order valence-electron chi connectivity index (χ0n) is 15.3. The zero-order chi connectivity index (χ0) is 21.2. The van der Waals surface area contributed by atoms with Gasteiger partial charge in [-0.1, -0.05) is 0 Å². The molecule has 4 rings (SSSR count). The van der Waals surface area contributed by atoms with Gasteiger partial charge in [0.05, 0.1) is 4.75 Å². The number of nitrogens with zero attached hydrogens (tertiary/aromatic N) is 2. The van der Waals surface area contributed by atoms with Crippen LogP contribution in [0.1, 0.15) is 25.7 Å². The Morgan fingerprint density at radius 1 is 1.34 bits per heavy atom. The van der Waals surface area contributed by atoms with Gasteiger partial charge < -0.3 is 14.7 Å². The fraction of sp³-hybridized carbons (Fsp3) is 0.611. The zero-order valence-corrected chi connectivity index (χ0v) is 16.1. The van der Waals surface area contributed by atoms with E-state index in [1.54, 1.807) is 6.07 Å². The Labute approximate surface area is 168 Å². The number of alkyl halides is 3. The quantitative estimate of drug-likeness (QED) is 0.731. The molecule has 160 valence electrons. The lowest BCUT2D eigenvalue weighted by molar-refractivity contribution is -0.192. The standard InChI is InChI=1S/C16H19FN2O2S.C2HF3O2/c17-13-2-1-5-18-15(13)21-12-7-16(22-8-12)9-19(10-16)14(20)6-11-3-4-11;3-2(4,5)1(6)7/h1-2,5,11-12H,3-4,6-10H2;(H,6,7). The van der Waals surface area contributed by atoms with Gasteiger partial charge in [0.1, 0.15) is 6.10 Å². The van der Waals surface area contributed by atoms with Gasteiger partial charge in [-0.3, -0.25) is 4.79 Å². The van der Waals surface area contributed by atoms with E-state index in [4.69, 9.17) is 14.6 Å². The van der Waals surface area contributed by atoms with Gasteiger partial charge in [0.25, 0.3) is 5.88 Å². The van der Waals surface area contributed by atoms with Crippen LogP contribution in [0.4, 0.5) is 17.6 Å². The van der Waals surface area contributed by atoms with Crippen LogP contribution in [0.25, 0.3) is 0 Å². The Bertz CT molecular complexity index is 766. The molecule has 1 saturated carbocycles. The fourth-order valence-electron chi connectivity index (χ4n) is 3.24. The first-order valence-electron chi connectivity index (χ1n) is 9.07. The van der Waals surface area contributed by atoms with Crippen molar-refractivity contribution >= 4 is 23.6 Å². The second kappa shape index (κ2) is 8.37. The number of carbonyl (C=O) groups is 2. The smallest absolute Gasteiger partial charge is 0.475 e. The third-order valence-electron chi connectivity index (χ3n) is 4.89. The van der Waals surface area contributed by atoms with E-state index in [2.05, 4.69) is 4.98 Å². The number of likely N-dealkylation sites (tertiary alicyclic amines) is 1. The molecule has 1 amide bonds. The first kappa shape index (κ1) is 21.7. The van der Waals surface area contributed by atoms with Gasteiger partial charge in [-0.15, -0.1) is 11.8 Å². The van der Waals surface area contributed by atoms with Gasteiger partial charge in [-0.2, -0.15) is 13.2 Å². The lowest BCUT2D eigenvalue weighted by Gasteiger charge is -2.47. The van der Waals surface area contributed by atoms with E-state index >= 15 is 0 Å². The van der Waals surface area contributed by atoms with E-state index in [9.17, 15) is 22.4 Å². The molecule has 1 aromatic heterocycles. The molecule has 3 fully saturated rings. The molecule has 1 unspecified atom stereocenters. The number of aromatic nitrogens is 1. The SMILES string of the molecule is O=C(CC1CC1)N1CC2(CC(Oc3ncccc3F)CS2)C1.O=C(O)C(F)(F)F. The number of rotatable bonds is 4. The first-order valence-corrected chi connectivity index (χ1v) is 10.1. The molecule has 6 nitrogen and oxygen atoms in total. The van der Waals surface area contributed by atoms with Crippen LogP contribution in [0.15, 0.2) is 18.3 Å². The van der Waals surface area contributed by atoms with Crippen LogP contribution in [0.5, 0.6) is 5.88 Å². The maximum absolute atomic E-state index is 13.6.